The van der Waals surface area contributed by atoms with Crippen LogP contribution in [0.3, 0.4) is 0 Å². The number of nitrogens with zero attached hydrogens (tertiary/aromatic N) is 1. The van der Waals surface area contributed by atoms with E-state index in [0.29, 0.717) is 39.5 Å². The zero-order chi connectivity index (χ0) is 18.9. The van der Waals surface area contributed by atoms with Crippen LogP contribution >= 0.6 is 24.0 Å². The number of rotatable bonds is 14. The maximum Gasteiger partial charge on any atom is 0.191 e. The van der Waals surface area contributed by atoms with Gasteiger partial charge in [-0.3, -0.25) is 0 Å². The van der Waals surface area contributed by atoms with Gasteiger partial charge in [-0.25, -0.2) is 4.99 Å². The van der Waals surface area contributed by atoms with E-state index in [-0.39, 0.29) is 24.0 Å². The first-order chi connectivity index (χ1) is 12.8. The normalized spacial score (nSPS) is 11.0. The summed E-state index contributed by atoms with van der Waals surface area (Å²) in [6.45, 7) is 11.6. The fraction of sp³-hybridized carbons (Fsp3) is 0.650. The molecule has 1 rings (SSSR count). The SMILES string of the molecule is CCCCOCCOCCNC(=NCc1ccccc1OCC)NCC.I. The van der Waals surface area contributed by atoms with Crippen molar-refractivity contribution in [3.63, 3.8) is 0 Å². The number of halogens is 1. The van der Waals surface area contributed by atoms with E-state index in [4.69, 9.17) is 14.2 Å². The van der Waals surface area contributed by atoms with Crippen molar-refractivity contribution in [1.82, 2.24) is 10.6 Å². The zero-order valence-corrected chi connectivity index (χ0v) is 19.3. The molecule has 0 amide bonds. The third-order valence-corrected chi connectivity index (χ3v) is 3.58. The van der Waals surface area contributed by atoms with Crippen molar-refractivity contribution in [2.45, 2.75) is 40.2 Å². The molecule has 1 aromatic carbocycles. The standard InChI is InChI=1S/C20H35N3O3.HI/c1-4-7-13-24-15-16-25-14-12-22-20(21-5-2)23-17-18-10-8-9-11-19(18)26-6-3;/h8-11H,4-7,12-17H2,1-3H3,(H2,21,22,23);1H. The largest absolute Gasteiger partial charge is 0.494 e. The Morgan fingerprint density at radius 1 is 0.963 bits per heavy atom. The maximum atomic E-state index is 5.65. The van der Waals surface area contributed by atoms with E-state index in [1.807, 2.05) is 31.2 Å². The molecular formula is C20H36IN3O3. The number of ether oxygens (including phenoxy) is 3. The van der Waals surface area contributed by atoms with Crippen molar-refractivity contribution in [2.24, 2.45) is 4.99 Å². The molecule has 0 aromatic heterocycles. The minimum atomic E-state index is 0. The Morgan fingerprint density at radius 2 is 1.70 bits per heavy atom. The smallest absolute Gasteiger partial charge is 0.191 e. The van der Waals surface area contributed by atoms with Crippen LogP contribution in [0, 0.1) is 0 Å². The number of hydrogen-bond donors (Lipinski definition) is 2. The van der Waals surface area contributed by atoms with E-state index < -0.39 is 0 Å². The molecule has 0 saturated heterocycles. The van der Waals surface area contributed by atoms with E-state index >= 15 is 0 Å². The van der Waals surface area contributed by atoms with Gasteiger partial charge in [0.2, 0.25) is 0 Å². The van der Waals surface area contributed by atoms with Crippen LogP contribution in [0.15, 0.2) is 29.3 Å². The van der Waals surface area contributed by atoms with Gasteiger partial charge in [0.1, 0.15) is 5.75 Å². The molecule has 1 aromatic rings. The summed E-state index contributed by atoms with van der Waals surface area (Å²) in [6, 6.07) is 8.00. The third-order valence-electron chi connectivity index (χ3n) is 3.58. The van der Waals surface area contributed by atoms with Gasteiger partial charge < -0.3 is 24.8 Å². The van der Waals surface area contributed by atoms with Crippen LogP contribution in [0.25, 0.3) is 0 Å². The average molecular weight is 493 g/mol. The van der Waals surface area contributed by atoms with Crippen molar-refractivity contribution in [1.29, 1.82) is 0 Å². The van der Waals surface area contributed by atoms with Crippen molar-refractivity contribution < 1.29 is 14.2 Å². The summed E-state index contributed by atoms with van der Waals surface area (Å²) in [4.78, 5) is 4.63. The summed E-state index contributed by atoms with van der Waals surface area (Å²) in [6.07, 6.45) is 2.27. The number of hydrogen-bond acceptors (Lipinski definition) is 4. The molecule has 7 heteroatoms. The Kier molecular flexibility index (Phi) is 17.6. The van der Waals surface area contributed by atoms with Gasteiger partial charge >= 0.3 is 0 Å². The molecule has 0 aliphatic rings. The monoisotopic (exact) mass is 493 g/mol. The second-order valence-electron chi connectivity index (χ2n) is 5.74. The van der Waals surface area contributed by atoms with E-state index in [1.54, 1.807) is 0 Å². The molecule has 0 bridgehead atoms. The van der Waals surface area contributed by atoms with E-state index in [1.165, 1.54) is 0 Å². The number of guanidine groups is 1. The predicted octanol–water partition coefficient (Wildman–Crippen LogP) is 3.59. The average Bonchev–Trinajstić information content (AvgIpc) is 2.66. The lowest BCUT2D eigenvalue weighted by molar-refractivity contribution is 0.0487. The highest BCUT2D eigenvalue weighted by Gasteiger charge is 2.03. The van der Waals surface area contributed by atoms with Crippen LogP contribution in [0.4, 0.5) is 0 Å². The second-order valence-corrected chi connectivity index (χ2v) is 5.74. The van der Waals surface area contributed by atoms with Crippen LogP contribution in [-0.4, -0.2) is 52.1 Å². The summed E-state index contributed by atoms with van der Waals surface area (Å²) >= 11 is 0. The van der Waals surface area contributed by atoms with Crippen LogP contribution in [0.5, 0.6) is 5.75 Å². The van der Waals surface area contributed by atoms with Gasteiger partial charge in [0.25, 0.3) is 0 Å². The number of para-hydroxylation sites is 1. The molecule has 0 heterocycles. The first-order valence-corrected chi connectivity index (χ1v) is 9.70. The molecule has 0 spiro atoms. The van der Waals surface area contributed by atoms with Gasteiger partial charge in [-0.05, 0) is 26.3 Å². The number of nitrogens with one attached hydrogen (secondary N) is 2. The molecule has 27 heavy (non-hydrogen) atoms. The minimum Gasteiger partial charge on any atom is -0.494 e. The summed E-state index contributed by atoms with van der Waals surface area (Å²) in [5.41, 5.74) is 1.08. The molecule has 0 atom stereocenters. The molecule has 0 radical (unpaired) electrons. The van der Waals surface area contributed by atoms with E-state index in [0.717, 1.165) is 43.3 Å². The van der Waals surface area contributed by atoms with Crippen LogP contribution in [0.2, 0.25) is 0 Å². The maximum absolute atomic E-state index is 5.65. The van der Waals surface area contributed by atoms with Gasteiger partial charge in [-0.15, -0.1) is 24.0 Å². The fourth-order valence-corrected chi connectivity index (χ4v) is 2.25. The second kappa shape index (κ2) is 18.3. The Balaban J connectivity index is 0.00000676. The third kappa shape index (κ3) is 12.9. The highest BCUT2D eigenvalue weighted by atomic mass is 127. The molecule has 0 aliphatic carbocycles. The number of aliphatic imine (C=N–C) groups is 1. The van der Waals surface area contributed by atoms with Crippen molar-refractivity contribution in [3.8, 4) is 5.75 Å². The fourth-order valence-electron chi connectivity index (χ4n) is 2.25. The van der Waals surface area contributed by atoms with Gasteiger partial charge in [-0.2, -0.15) is 0 Å². The number of unbranched alkanes of at least 4 members (excludes halogenated alkanes) is 1. The molecule has 0 saturated carbocycles. The highest BCUT2D eigenvalue weighted by Crippen LogP contribution is 2.18. The zero-order valence-electron chi connectivity index (χ0n) is 17.0. The van der Waals surface area contributed by atoms with Crippen LogP contribution < -0.4 is 15.4 Å². The Labute approximate surface area is 181 Å². The summed E-state index contributed by atoms with van der Waals surface area (Å²) in [5, 5.41) is 6.53. The minimum absolute atomic E-state index is 0. The van der Waals surface area contributed by atoms with Gasteiger partial charge in [0.05, 0.1) is 33.0 Å². The molecule has 2 N–H and O–H groups in total. The van der Waals surface area contributed by atoms with Crippen molar-refractivity contribution in [3.05, 3.63) is 29.8 Å². The topological polar surface area (TPSA) is 64.1 Å². The summed E-state index contributed by atoms with van der Waals surface area (Å²) < 4.78 is 16.7. The molecular weight excluding hydrogens is 457 g/mol. The molecule has 0 aliphatic heterocycles. The quantitative estimate of drug-likeness (QED) is 0.180. The molecule has 156 valence electrons. The van der Waals surface area contributed by atoms with E-state index in [2.05, 4.69) is 29.5 Å². The lowest BCUT2D eigenvalue weighted by Gasteiger charge is -2.13. The Bertz CT molecular complexity index is 501. The highest BCUT2D eigenvalue weighted by molar-refractivity contribution is 14.0. The molecule has 6 nitrogen and oxygen atoms in total. The lowest BCUT2D eigenvalue weighted by atomic mass is 10.2. The van der Waals surface area contributed by atoms with Crippen LogP contribution in [-0.2, 0) is 16.0 Å². The van der Waals surface area contributed by atoms with E-state index in [9.17, 15) is 0 Å². The lowest BCUT2D eigenvalue weighted by Crippen LogP contribution is -2.39. The van der Waals surface area contributed by atoms with Gasteiger partial charge in [0.15, 0.2) is 5.96 Å². The first kappa shape index (κ1) is 25.9. The Hall–Kier alpha value is -1.06. The van der Waals surface area contributed by atoms with Crippen molar-refractivity contribution >= 4 is 29.9 Å². The number of benzene rings is 1. The van der Waals surface area contributed by atoms with Crippen LogP contribution in [0.1, 0.15) is 39.2 Å². The summed E-state index contributed by atoms with van der Waals surface area (Å²) in [5.74, 6) is 1.67. The summed E-state index contributed by atoms with van der Waals surface area (Å²) in [7, 11) is 0. The predicted molar refractivity (Wildman–Crippen MR) is 122 cm³/mol. The first-order valence-electron chi connectivity index (χ1n) is 9.70. The van der Waals surface area contributed by atoms with Gasteiger partial charge in [0, 0.05) is 25.3 Å². The molecule has 0 unspecified atom stereocenters. The van der Waals surface area contributed by atoms with Crippen molar-refractivity contribution in [2.75, 3.05) is 46.1 Å². The Morgan fingerprint density at radius 3 is 2.41 bits per heavy atom. The molecule has 0 fully saturated rings. The van der Waals surface area contributed by atoms with Gasteiger partial charge in [-0.1, -0.05) is 31.5 Å².